The Morgan fingerprint density at radius 1 is 1.45 bits per heavy atom. The first-order valence-electron chi connectivity index (χ1n) is 10.0. The van der Waals surface area contributed by atoms with Crippen LogP contribution in [0.15, 0.2) is 33.3 Å². The van der Waals surface area contributed by atoms with Crippen molar-refractivity contribution >= 4 is 63.3 Å². The molecule has 0 unspecified atom stereocenters. The average molecular weight is 508 g/mol. The van der Waals surface area contributed by atoms with Gasteiger partial charge in [0.05, 0.1) is 28.6 Å². The average Bonchev–Trinajstić information content (AvgIpc) is 3.46. The van der Waals surface area contributed by atoms with Gasteiger partial charge in [0.2, 0.25) is 0 Å². The summed E-state index contributed by atoms with van der Waals surface area (Å²) in [4.78, 5) is 43.9. The first kappa shape index (κ1) is 23.3. The van der Waals surface area contributed by atoms with Gasteiger partial charge in [0.25, 0.3) is 11.8 Å². The first-order chi connectivity index (χ1) is 15.9. The van der Waals surface area contributed by atoms with Crippen LogP contribution in [0.25, 0.3) is 5.57 Å². The van der Waals surface area contributed by atoms with Crippen molar-refractivity contribution in [1.29, 1.82) is 0 Å². The third kappa shape index (κ3) is 4.77. The number of aliphatic carboxylic acids is 1. The number of β-lactam (4-membered cyclic amide) rings is 1. The lowest BCUT2D eigenvalue weighted by molar-refractivity contribution is -0.155. The highest BCUT2D eigenvalue weighted by atomic mass is 32.2. The third-order valence-corrected chi connectivity index (χ3v) is 8.02. The van der Waals surface area contributed by atoms with E-state index in [9.17, 15) is 19.5 Å². The van der Waals surface area contributed by atoms with Crippen molar-refractivity contribution in [1.82, 2.24) is 30.6 Å². The second-order valence-corrected chi connectivity index (χ2v) is 10.5. The van der Waals surface area contributed by atoms with E-state index in [4.69, 9.17) is 5.73 Å². The lowest BCUT2D eigenvalue weighted by Crippen LogP contribution is -2.71. The van der Waals surface area contributed by atoms with Crippen molar-refractivity contribution in [2.75, 3.05) is 10.8 Å². The molecule has 174 valence electrons. The maximum atomic E-state index is 12.9. The number of aromatic nitrogens is 4. The Labute approximate surface area is 201 Å². The van der Waals surface area contributed by atoms with Crippen molar-refractivity contribution < 1.29 is 19.5 Å². The fourth-order valence-electron chi connectivity index (χ4n) is 3.74. The summed E-state index contributed by atoms with van der Waals surface area (Å²) >= 11 is 4.02. The number of nitrogens with two attached hydrogens (primary N) is 1. The second kappa shape index (κ2) is 9.97. The largest absolute Gasteiger partial charge is 0.477 e. The molecule has 1 saturated heterocycles. The molecule has 0 bridgehead atoms. The minimum absolute atomic E-state index is 0.0101. The van der Waals surface area contributed by atoms with Crippen LogP contribution >= 0.6 is 34.9 Å². The van der Waals surface area contributed by atoms with Crippen LogP contribution < -0.4 is 11.1 Å². The molecule has 4 heterocycles. The number of nitrogens with one attached hydrogen (secondary N) is 2. The molecule has 2 atom stereocenters. The quantitative estimate of drug-likeness (QED) is 0.170. The summed E-state index contributed by atoms with van der Waals surface area (Å²) in [6.45, 7) is 1.89. The number of fused-ring (bicyclic) bond motifs is 1. The van der Waals surface area contributed by atoms with Crippen LogP contribution in [0.5, 0.6) is 0 Å². The fourth-order valence-corrected chi connectivity index (χ4v) is 6.41. The van der Waals surface area contributed by atoms with E-state index in [1.807, 2.05) is 6.92 Å². The fraction of sp³-hybridized carbons (Fsp3) is 0.368. The van der Waals surface area contributed by atoms with E-state index in [0.717, 1.165) is 0 Å². The predicted octanol–water partition coefficient (Wildman–Crippen LogP) is 1.91. The van der Waals surface area contributed by atoms with Crippen LogP contribution in [0, 0.1) is 0 Å². The summed E-state index contributed by atoms with van der Waals surface area (Å²) in [5.74, 6) is -2.01. The summed E-state index contributed by atoms with van der Waals surface area (Å²) < 4.78 is 0. The number of carboxylic acid groups (broad SMARTS) is 1. The molecular formula is C19H21N7O4S3. The van der Waals surface area contributed by atoms with Crippen molar-refractivity contribution in [3.8, 4) is 0 Å². The van der Waals surface area contributed by atoms with Gasteiger partial charge in [-0.15, -0.1) is 28.2 Å². The van der Waals surface area contributed by atoms with E-state index in [1.54, 1.807) is 17.7 Å². The Bertz CT molecular complexity index is 1130. The Kier molecular flexibility index (Phi) is 7.05. The molecular weight excluding hydrogens is 486 g/mol. The van der Waals surface area contributed by atoms with Gasteiger partial charge in [0.1, 0.15) is 16.8 Å². The molecule has 2 aliphatic rings. The molecule has 2 aliphatic heterocycles. The van der Waals surface area contributed by atoms with Gasteiger partial charge < -0.3 is 16.2 Å². The van der Waals surface area contributed by atoms with Crippen molar-refractivity contribution in [3.63, 3.8) is 0 Å². The summed E-state index contributed by atoms with van der Waals surface area (Å²) in [6.07, 6.45) is 4.98. The first-order valence-corrected chi connectivity index (χ1v) is 12.9. The summed E-state index contributed by atoms with van der Waals surface area (Å²) in [7, 11) is 0. The third-order valence-electron chi connectivity index (χ3n) is 5.16. The number of hydrogen-bond donors (Lipinski definition) is 4. The van der Waals surface area contributed by atoms with E-state index in [0.29, 0.717) is 50.7 Å². The lowest BCUT2D eigenvalue weighted by atomic mass is 9.86. The normalized spacial score (nSPS) is 20.5. The zero-order chi connectivity index (χ0) is 23.5. The summed E-state index contributed by atoms with van der Waals surface area (Å²) in [5, 5.41) is 26.1. The number of amides is 2. The van der Waals surface area contributed by atoms with E-state index >= 15 is 0 Å². The van der Waals surface area contributed by atoms with E-state index in [2.05, 4.69) is 25.7 Å². The molecule has 33 heavy (non-hydrogen) atoms. The molecule has 0 aliphatic carbocycles. The number of carbonyl (C=O) groups is 3. The molecule has 11 nitrogen and oxygen atoms in total. The number of nitrogens with zero attached hydrogens (tertiary/aromatic N) is 4. The molecule has 5 N–H and O–H groups in total. The van der Waals surface area contributed by atoms with Crippen LogP contribution in [-0.4, -0.2) is 65.4 Å². The second-order valence-electron chi connectivity index (χ2n) is 7.15. The Hall–Kier alpha value is -2.84. The summed E-state index contributed by atoms with van der Waals surface area (Å²) in [6, 6.07) is -1.18. The van der Waals surface area contributed by atoms with Gasteiger partial charge in [-0.25, -0.2) is 9.78 Å². The molecule has 0 spiro atoms. The Morgan fingerprint density at radius 3 is 2.91 bits per heavy atom. The van der Waals surface area contributed by atoms with E-state index < -0.39 is 29.9 Å². The number of nitrogen functional groups attached to an aromatic ring is 1. The van der Waals surface area contributed by atoms with Crippen LogP contribution in [-0.2, 0) is 14.4 Å². The predicted molar refractivity (Wildman–Crippen MR) is 126 cm³/mol. The van der Waals surface area contributed by atoms with Gasteiger partial charge in [-0.1, -0.05) is 24.8 Å². The van der Waals surface area contributed by atoms with Gasteiger partial charge in [-0.3, -0.25) is 14.5 Å². The number of H-pyrrole nitrogens is 1. The number of aromatic amines is 1. The smallest absolute Gasteiger partial charge is 0.353 e. The van der Waals surface area contributed by atoms with Crippen molar-refractivity contribution in [2.45, 2.75) is 43.3 Å². The van der Waals surface area contributed by atoms with E-state index in [1.165, 1.54) is 39.8 Å². The zero-order valence-corrected chi connectivity index (χ0v) is 19.9. The topological polar surface area (TPSA) is 167 Å². The molecule has 0 radical (unpaired) electrons. The minimum atomic E-state index is -1.16. The standard InChI is InChI=1S/C19H21N7O4S3/c1-2-3-9(10-7-31-19(20)22-10)16(27)23-14-11-4-5-12(15(18(29)30)26(11)17(14)28)32-8-33-13-6-21-25-24-13/h3,6-7,11,14H,2,4-5,8H2,1H3,(H2,20,22)(H,23,27)(H,29,30)(H,21,24,25)/t11-,14-/m0/s1. The molecule has 1 fully saturated rings. The highest BCUT2D eigenvalue weighted by molar-refractivity contribution is 8.17. The van der Waals surface area contributed by atoms with Crippen LogP contribution in [0.4, 0.5) is 5.13 Å². The van der Waals surface area contributed by atoms with Crippen molar-refractivity contribution in [2.24, 2.45) is 0 Å². The van der Waals surface area contributed by atoms with Crippen LogP contribution in [0.3, 0.4) is 0 Å². The highest BCUT2D eigenvalue weighted by Crippen LogP contribution is 2.42. The molecule has 2 amide bonds. The van der Waals surface area contributed by atoms with E-state index in [-0.39, 0.29) is 5.70 Å². The maximum Gasteiger partial charge on any atom is 0.353 e. The van der Waals surface area contributed by atoms with Crippen molar-refractivity contribution in [3.05, 3.63) is 33.9 Å². The van der Waals surface area contributed by atoms with Crippen LogP contribution in [0.2, 0.25) is 0 Å². The number of rotatable bonds is 9. The number of allylic oxidation sites excluding steroid dienone is 2. The lowest BCUT2D eigenvalue weighted by Gasteiger charge is -2.50. The number of thiazole rings is 1. The van der Waals surface area contributed by atoms with Gasteiger partial charge >= 0.3 is 5.97 Å². The molecule has 2 aromatic heterocycles. The number of anilines is 1. The summed E-state index contributed by atoms with van der Waals surface area (Å²) in [5.41, 5.74) is 6.49. The highest BCUT2D eigenvalue weighted by Gasteiger charge is 2.53. The Balaban J connectivity index is 1.45. The number of hydrogen-bond acceptors (Lipinski definition) is 10. The molecule has 2 aromatic rings. The van der Waals surface area contributed by atoms with Gasteiger partial charge in [-0.2, -0.15) is 10.3 Å². The zero-order valence-electron chi connectivity index (χ0n) is 17.5. The van der Waals surface area contributed by atoms with Gasteiger partial charge in [-0.05, 0) is 19.3 Å². The number of carbonyl (C=O) groups excluding carboxylic acids is 2. The minimum Gasteiger partial charge on any atom is -0.477 e. The Morgan fingerprint density at radius 2 is 2.27 bits per heavy atom. The molecule has 4 rings (SSSR count). The van der Waals surface area contributed by atoms with Crippen LogP contribution in [0.1, 0.15) is 31.9 Å². The number of carboxylic acids is 1. The molecule has 14 heteroatoms. The maximum absolute atomic E-state index is 12.9. The van der Waals surface area contributed by atoms with Gasteiger partial charge in [0.15, 0.2) is 5.13 Å². The van der Waals surface area contributed by atoms with Gasteiger partial charge in [0, 0.05) is 10.3 Å². The SMILES string of the molecule is CCC=C(C(=O)N[C@@H]1C(=O)N2C(C(=O)O)=C(SCSc3cn[nH]n3)CC[C@@H]12)c1csc(N)n1. The molecule has 0 saturated carbocycles. The monoisotopic (exact) mass is 507 g/mol. The number of thioether (sulfide) groups is 2. The molecule has 0 aromatic carbocycles.